The molecular formula is C23H20F3N7O5S. The zero-order valence-corrected chi connectivity index (χ0v) is 21.0. The summed E-state index contributed by atoms with van der Waals surface area (Å²) in [6.07, 6.45) is 0.711. The van der Waals surface area contributed by atoms with Gasteiger partial charge in [0.15, 0.2) is 0 Å². The molecule has 39 heavy (non-hydrogen) atoms. The van der Waals surface area contributed by atoms with Crippen LogP contribution < -0.4 is 0 Å². The van der Waals surface area contributed by atoms with Crippen LogP contribution in [0.5, 0.6) is 0 Å². The number of rotatable bonds is 10. The van der Waals surface area contributed by atoms with Gasteiger partial charge in [-0.3, -0.25) is 4.68 Å². The number of ether oxygens (including phenoxy) is 1. The first kappa shape index (κ1) is 27.7. The van der Waals surface area contributed by atoms with Gasteiger partial charge < -0.3 is 14.6 Å². The van der Waals surface area contributed by atoms with Crippen LogP contribution >= 0.6 is 0 Å². The molecule has 204 valence electrons. The average Bonchev–Trinajstić information content (AvgIpc) is 3.59. The molecule has 0 saturated heterocycles. The number of fused-ring (bicyclic) bond motifs is 1. The first-order valence-corrected chi connectivity index (χ1v) is 12.6. The van der Waals surface area contributed by atoms with E-state index in [0.717, 1.165) is 11.5 Å². The lowest BCUT2D eigenvalue weighted by molar-refractivity contribution is -0.223. The Morgan fingerprint density at radius 3 is 2.79 bits per heavy atom. The van der Waals surface area contributed by atoms with E-state index < -0.39 is 39.7 Å². The van der Waals surface area contributed by atoms with Gasteiger partial charge in [-0.05, 0) is 28.2 Å². The van der Waals surface area contributed by atoms with Crippen molar-refractivity contribution in [1.29, 1.82) is 5.26 Å². The van der Waals surface area contributed by atoms with E-state index in [1.807, 2.05) is 6.07 Å². The van der Waals surface area contributed by atoms with Crippen molar-refractivity contribution in [3.8, 4) is 17.3 Å². The van der Waals surface area contributed by atoms with Crippen LogP contribution in [-0.2, 0) is 24.4 Å². The number of sulfonamides is 1. The molecule has 0 aliphatic carbocycles. The number of aromatic nitrogens is 5. The number of benzene rings is 1. The summed E-state index contributed by atoms with van der Waals surface area (Å²) in [5, 5.41) is 14.5. The maximum absolute atomic E-state index is 13.2. The Bertz CT molecular complexity index is 1630. The van der Waals surface area contributed by atoms with E-state index in [-0.39, 0.29) is 17.5 Å². The highest BCUT2D eigenvalue weighted by Crippen LogP contribution is 2.29. The molecule has 1 aromatic carbocycles. The lowest BCUT2D eigenvalue weighted by atomic mass is 10.0. The highest BCUT2D eigenvalue weighted by atomic mass is 32.2. The van der Waals surface area contributed by atoms with Crippen molar-refractivity contribution >= 4 is 27.0 Å². The normalized spacial score (nSPS) is 12.9. The van der Waals surface area contributed by atoms with E-state index in [9.17, 15) is 31.6 Å². The molecule has 1 N–H and O–H groups in total. The van der Waals surface area contributed by atoms with Gasteiger partial charge in [0.25, 0.3) is 10.0 Å². The molecular weight excluding hydrogens is 543 g/mol. The van der Waals surface area contributed by atoms with Gasteiger partial charge in [-0.2, -0.15) is 23.5 Å². The summed E-state index contributed by atoms with van der Waals surface area (Å²) in [6, 6.07) is 8.25. The van der Waals surface area contributed by atoms with Gasteiger partial charge in [-0.1, -0.05) is 12.1 Å². The molecule has 4 rings (SSSR count). The number of hydrogen-bond donors (Lipinski definition) is 1. The monoisotopic (exact) mass is 563 g/mol. The summed E-state index contributed by atoms with van der Waals surface area (Å²) in [4.78, 5) is 26.5. The molecule has 4 aromatic rings. The number of carbonyl (C=O) groups excluding carboxylic acids is 1. The third-order valence-corrected chi connectivity index (χ3v) is 7.18. The minimum atomic E-state index is -5.42. The molecule has 12 nitrogen and oxygen atoms in total. The minimum absolute atomic E-state index is 0.0754. The number of halogens is 3. The predicted octanol–water partition coefficient (Wildman–Crippen LogP) is 2.98. The number of H-pyrrole nitrogens is 1. The third kappa shape index (κ3) is 5.90. The summed E-state index contributed by atoms with van der Waals surface area (Å²) in [5.74, 6) is -2.70. The zero-order chi connectivity index (χ0) is 28.2. The first-order valence-electron chi connectivity index (χ1n) is 11.2. The van der Waals surface area contributed by atoms with Gasteiger partial charge >= 0.3 is 12.1 Å². The number of nitrogens with zero attached hydrogens (tertiary/aromatic N) is 6. The second-order valence-electron chi connectivity index (χ2n) is 8.02. The maximum atomic E-state index is 13.2. The molecule has 1 atom stereocenters. The summed E-state index contributed by atoms with van der Waals surface area (Å²) in [7, 11) is -3.56. The van der Waals surface area contributed by atoms with Crippen LogP contribution in [-0.4, -0.2) is 70.0 Å². The number of aromatic amines is 1. The van der Waals surface area contributed by atoms with Crippen molar-refractivity contribution in [3.05, 3.63) is 60.8 Å². The van der Waals surface area contributed by atoms with Crippen LogP contribution in [0, 0.1) is 11.3 Å². The number of alkyl halides is 3. The molecule has 3 heterocycles. The Hall–Kier alpha value is -4.33. The topological polar surface area (TPSA) is 156 Å². The van der Waals surface area contributed by atoms with E-state index in [1.165, 1.54) is 36.4 Å². The molecule has 0 aliphatic rings. The van der Waals surface area contributed by atoms with Crippen molar-refractivity contribution in [3.63, 3.8) is 0 Å². The third-order valence-electron chi connectivity index (χ3n) is 5.54. The molecule has 0 amide bonds. The Labute approximate surface area is 219 Å². The second-order valence-corrected chi connectivity index (χ2v) is 9.85. The molecule has 0 radical (unpaired) electrons. The standard InChI is InChI=1S/C23H20F3N7O5S/c1-37-10-9-33(38-22(34)23(24,25)26)39(35,36)17-4-2-3-15(11-17)19(5-7-27)32-13-16(12-31-32)20-18-6-8-28-21(18)30-14-29-20/h2-4,6,8,11-14,19H,5,9-10H2,1H3,(H,28,29,30). The van der Waals surface area contributed by atoms with Gasteiger partial charge in [-0.25, -0.2) is 23.2 Å². The first-order chi connectivity index (χ1) is 18.6. The largest absolute Gasteiger partial charge is 0.492 e. The van der Waals surface area contributed by atoms with Crippen molar-refractivity contribution in [2.45, 2.75) is 23.5 Å². The second kappa shape index (κ2) is 11.2. The molecule has 0 bridgehead atoms. The van der Waals surface area contributed by atoms with E-state index in [4.69, 9.17) is 4.74 Å². The van der Waals surface area contributed by atoms with Crippen molar-refractivity contribution < 1.29 is 36.0 Å². The Morgan fingerprint density at radius 2 is 2.08 bits per heavy atom. The Morgan fingerprint density at radius 1 is 1.28 bits per heavy atom. The summed E-state index contributed by atoms with van der Waals surface area (Å²) in [6.45, 7) is -1.05. The van der Waals surface area contributed by atoms with E-state index in [1.54, 1.807) is 24.5 Å². The van der Waals surface area contributed by atoms with Gasteiger partial charge in [0.2, 0.25) is 0 Å². The molecule has 0 aliphatic heterocycles. The molecule has 1 unspecified atom stereocenters. The van der Waals surface area contributed by atoms with Crippen LogP contribution in [0.1, 0.15) is 18.0 Å². The highest BCUT2D eigenvalue weighted by Gasteiger charge is 2.44. The number of hydrogen-bond acceptors (Lipinski definition) is 9. The summed E-state index contributed by atoms with van der Waals surface area (Å²) < 4.78 is 70.8. The van der Waals surface area contributed by atoms with Gasteiger partial charge in [0, 0.05) is 30.5 Å². The zero-order valence-electron chi connectivity index (χ0n) is 20.2. The average molecular weight is 564 g/mol. The fraction of sp³-hybridized carbons (Fsp3) is 0.261. The van der Waals surface area contributed by atoms with E-state index >= 15 is 0 Å². The number of nitriles is 1. The van der Waals surface area contributed by atoms with Crippen molar-refractivity contribution in [2.75, 3.05) is 20.3 Å². The van der Waals surface area contributed by atoms with E-state index in [0.29, 0.717) is 22.5 Å². The minimum Gasteiger partial charge on any atom is -0.383 e. The van der Waals surface area contributed by atoms with Crippen molar-refractivity contribution in [1.82, 2.24) is 29.2 Å². The maximum Gasteiger partial charge on any atom is 0.492 e. The van der Waals surface area contributed by atoms with Gasteiger partial charge in [0.1, 0.15) is 12.0 Å². The number of methoxy groups -OCH3 is 1. The Kier molecular flexibility index (Phi) is 7.95. The predicted molar refractivity (Wildman–Crippen MR) is 128 cm³/mol. The lowest BCUT2D eigenvalue weighted by Crippen LogP contribution is -2.40. The lowest BCUT2D eigenvalue weighted by Gasteiger charge is -2.22. The smallest absolute Gasteiger partial charge is 0.383 e. The molecule has 16 heteroatoms. The van der Waals surface area contributed by atoms with Crippen LogP contribution in [0.4, 0.5) is 13.2 Å². The molecule has 0 spiro atoms. The SMILES string of the molecule is COCCN(OC(=O)C(F)(F)F)S(=O)(=O)c1cccc(C(CC#N)n2cc(-c3ncnc4[nH]ccc34)cn2)c1. The summed E-state index contributed by atoms with van der Waals surface area (Å²) in [5.41, 5.74) is 2.12. The fourth-order valence-electron chi connectivity index (χ4n) is 3.71. The van der Waals surface area contributed by atoms with Crippen LogP contribution in [0.3, 0.4) is 0 Å². The molecule has 3 aromatic heterocycles. The van der Waals surface area contributed by atoms with Gasteiger partial charge in [0.05, 0.1) is 48.5 Å². The molecule has 0 saturated carbocycles. The highest BCUT2D eigenvalue weighted by molar-refractivity contribution is 7.89. The summed E-state index contributed by atoms with van der Waals surface area (Å²) >= 11 is 0. The van der Waals surface area contributed by atoms with Crippen molar-refractivity contribution in [2.24, 2.45) is 0 Å². The van der Waals surface area contributed by atoms with E-state index in [2.05, 4.69) is 24.9 Å². The van der Waals surface area contributed by atoms with Gasteiger partial charge in [-0.15, -0.1) is 0 Å². The van der Waals surface area contributed by atoms with Crippen LogP contribution in [0.25, 0.3) is 22.3 Å². The van der Waals surface area contributed by atoms with Crippen LogP contribution in [0.2, 0.25) is 0 Å². The number of hydroxylamine groups is 1. The number of nitrogens with one attached hydrogen (secondary N) is 1. The Balaban J connectivity index is 1.69. The fourth-order valence-corrected chi connectivity index (χ4v) is 4.96. The van der Waals surface area contributed by atoms with Crippen LogP contribution in [0.15, 0.2) is 60.1 Å². The molecule has 0 fully saturated rings. The number of carbonyl (C=O) groups is 1. The quantitative estimate of drug-likeness (QED) is 0.287.